The van der Waals surface area contributed by atoms with Crippen LogP contribution in [0.15, 0.2) is 35.2 Å². The van der Waals surface area contributed by atoms with E-state index in [0.29, 0.717) is 37.9 Å². The molecule has 3 aliphatic rings. The third-order valence-electron chi connectivity index (χ3n) is 9.45. The number of fused-ring (bicyclic) bond motifs is 2. The van der Waals surface area contributed by atoms with E-state index in [0.717, 1.165) is 6.07 Å². The summed E-state index contributed by atoms with van der Waals surface area (Å²) in [6.07, 6.45) is 1.16. The molecule has 0 spiro atoms. The molecule has 15 heteroatoms. The fourth-order valence-corrected chi connectivity index (χ4v) is 9.55. The lowest BCUT2D eigenvalue weighted by Gasteiger charge is -2.43. The van der Waals surface area contributed by atoms with E-state index in [1.807, 2.05) is 6.92 Å². The monoisotopic (exact) mass is 671 g/mol. The quantitative estimate of drug-likeness (QED) is 0.373. The summed E-state index contributed by atoms with van der Waals surface area (Å²) in [6, 6.07) is 4.00. The lowest BCUT2D eigenvalue weighted by Crippen LogP contribution is -2.57. The van der Waals surface area contributed by atoms with Gasteiger partial charge in [0.1, 0.15) is 6.04 Å². The number of nitrogens with zero attached hydrogens (tertiary/aromatic N) is 1. The molecular weight excluding hydrogens is 639 g/mol. The number of methoxy groups -OCH3 is 1. The zero-order valence-electron chi connectivity index (χ0n) is 24.5. The number of hydrogen-bond donors (Lipinski definition) is 3. The van der Waals surface area contributed by atoms with Crippen LogP contribution in [0.25, 0.3) is 0 Å². The van der Waals surface area contributed by atoms with Crippen LogP contribution in [0, 0.1) is 35.2 Å². The van der Waals surface area contributed by atoms with Gasteiger partial charge in [-0.1, -0.05) is 18.5 Å². The summed E-state index contributed by atoms with van der Waals surface area (Å²) in [7, 11) is -2.91. The number of anilines is 1. The van der Waals surface area contributed by atoms with E-state index in [9.17, 15) is 41.1 Å². The Morgan fingerprint density at radius 1 is 1.11 bits per heavy atom. The SMILES string of the molecule is COC(=O)N1CCCC1C(=O)NC[C@]1(O)C2C[C@H](S(=O)(=O)c3cc(C(=O)Nc4cc(F)c(F)c(F)c4)ccc3Cl)C[C@H]1[C@H](C)C2. The number of amides is 3. The van der Waals surface area contributed by atoms with Gasteiger partial charge in [0.2, 0.25) is 5.91 Å². The van der Waals surface area contributed by atoms with Crippen molar-refractivity contribution in [2.24, 2.45) is 17.8 Å². The first-order chi connectivity index (χ1) is 21.2. The minimum absolute atomic E-state index is 0.0563. The van der Waals surface area contributed by atoms with E-state index in [1.54, 1.807) is 0 Å². The normalized spacial score (nSPS) is 27.7. The molecule has 0 aromatic heterocycles. The highest BCUT2D eigenvalue weighted by molar-refractivity contribution is 7.92. The van der Waals surface area contributed by atoms with Crippen molar-refractivity contribution in [1.82, 2.24) is 10.2 Å². The van der Waals surface area contributed by atoms with Crippen molar-refractivity contribution in [3.8, 4) is 0 Å². The summed E-state index contributed by atoms with van der Waals surface area (Å²) < 4.78 is 73.1. The van der Waals surface area contributed by atoms with Gasteiger partial charge in [0.05, 0.1) is 27.9 Å². The lowest BCUT2D eigenvalue weighted by molar-refractivity contribution is -0.128. The second-order valence-electron chi connectivity index (χ2n) is 12.0. The van der Waals surface area contributed by atoms with Gasteiger partial charge >= 0.3 is 6.09 Å². The van der Waals surface area contributed by atoms with Crippen LogP contribution in [0.5, 0.6) is 0 Å². The van der Waals surface area contributed by atoms with Crippen LogP contribution in [-0.4, -0.2) is 73.4 Å². The number of sulfone groups is 1. The zero-order valence-corrected chi connectivity index (χ0v) is 26.1. The first-order valence-electron chi connectivity index (χ1n) is 14.5. The standard InChI is InChI=1S/C30H33ClF3N3O7S/c1-15-8-17-10-19(13-20(15)30(17,41)14-35-28(39)24-4-3-7-37(24)29(40)44-2)45(42,43)25-9-16(5-6-21(25)31)27(38)36-18-11-22(32)26(34)23(33)12-18/h5-6,9,11-12,15,17,19-20,24,41H,3-4,7-8,10,13-14H2,1-2H3,(H,35,39)(H,36,38)/t15-,17?,19+,20+,24?,30+/m1/s1. The molecule has 1 heterocycles. The van der Waals surface area contributed by atoms with Gasteiger partial charge in [-0.05, 0) is 68.1 Å². The van der Waals surface area contributed by atoms with Crippen LogP contribution < -0.4 is 10.6 Å². The van der Waals surface area contributed by atoms with Crippen LogP contribution >= 0.6 is 11.6 Å². The van der Waals surface area contributed by atoms with Crippen molar-refractivity contribution in [1.29, 1.82) is 0 Å². The fourth-order valence-electron chi connectivity index (χ4n) is 7.17. The van der Waals surface area contributed by atoms with Crippen LogP contribution in [0.1, 0.15) is 49.4 Å². The number of carbonyl (C=O) groups excluding carboxylic acids is 3. The van der Waals surface area contributed by atoms with Crippen LogP contribution in [0.3, 0.4) is 0 Å². The van der Waals surface area contributed by atoms with Crippen molar-refractivity contribution < 1.29 is 45.8 Å². The number of halogens is 4. The van der Waals surface area contributed by atoms with Crippen molar-refractivity contribution in [3.05, 3.63) is 58.4 Å². The topological polar surface area (TPSA) is 142 Å². The first-order valence-corrected chi connectivity index (χ1v) is 16.4. The Bertz CT molecular complexity index is 1620. The summed E-state index contributed by atoms with van der Waals surface area (Å²) in [5, 5.41) is 15.7. The molecule has 2 saturated carbocycles. The number of ether oxygens (including phenoxy) is 1. The Morgan fingerprint density at radius 3 is 2.44 bits per heavy atom. The summed E-state index contributed by atoms with van der Waals surface area (Å²) in [6.45, 7) is 2.19. The molecule has 2 aliphatic carbocycles. The van der Waals surface area contributed by atoms with Gasteiger partial charge in [0, 0.05) is 36.5 Å². The minimum Gasteiger partial charge on any atom is -0.453 e. The molecule has 244 valence electrons. The lowest BCUT2D eigenvalue weighted by atomic mass is 9.73. The van der Waals surface area contributed by atoms with E-state index in [-0.39, 0.29) is 46.5 Å². The smallest absolute Gasteiger partial charge is 0.410 e. The highest BCUT2D eigenvalue weighted by Crippen LogP contribution is 2.54. The van der Waals surface area contributed by atoms with Gasteiger partial charge in [-0.15, -0.1) is 0 Å². The maximum absolute atomic E-state index is 13.9. The maximum atomic E-state index is 13.9. The van der Waals surface area contributed by atoms with Crippen molar-refractivity contribution >= 4 is 45.0 Å². The number of carbonyl (C=O) groups is 3. The molecule has 2 aromatic rings. The third-order valence-corrected chi connectivity index (χ3v) is 12.1. The molecule has 2 aromatic carbocycles. The fraction of sp³-hybridized carbons (Fsp3) is 0.500. The van der Waals surface area contributed by atoms with Gasteiger partial charge in [0.25, 0.3) is 5.91 Å². The molecule has 1 aliphatic heterocycles. The second kappa shape index (κ2) is 12.4. The molecule has 3 amide bonds. The average molecular weight is 672 g/mol. The van der Waals surface area contributed by atoms with Crippen molar-refractivity contribution in [2.45, 2.75) is 60.8 Å². The average Bonchev–Trinajstić information content (AvgIpc) is 3.51. The van der Waals surface area contributed by atoms with E-state index in [1.165, 1.54) is 24.1 Å². The van der Waals surface area contributed by atoms with E-state index < -0.39 is 73.9 Å². The number of hydrogen-bond acceptors (Lipinski definition) is 7. The highest BCUT2D eigenvalue weighted by Gasteiger charge is 2.58. The molecule has 2 unspecified atom stereocenters. The molecule has 0 radical (unpaired) electrons. The van der Waals surface area contributed by atoms with Crippen LogP contribution in [-0.2, 0) is 19.4 Å². The van der Waals surface area contributed by atoms with Gasteiger partial charge in [-0.3, -0.25) is 14.5 Å². The van der Waals surface area contributed by atoms with E-state index in [2.05, 4.69) is 10.6 Å². The molecule has 3 fully saturated rings. The molecular formula is C30H33ClF3N3O7S. The molecule has 45 heavy (non-hydrogen) atoms. The Balaban J connectivity index is 1.31. The first kappa shape index (κ1) is 33.0. The Labute approximate surface area is 263 Å². The van der Waals surface area contributed by atoms with Crippen LogP contribution in [0.4, 0.5) is 23.7 Å². The Hall–Kier alpha value is -3.36. The number of rotatable bonds is 7. The molecule has 6 atom stereocenters. The van der Waals surface area contributed by atoms with Gasteiger partial charge < -0.3 is 20.5 Å². The van der Waals surface area contributed by atoms with Crippen molar-refractivity contribution in [2.75, 3.05) is 25.5 Å². The number of nitrogens with one attached hydrogen (secondary N) is 2. The van der Waals surface area contributed by atoms with Crippen molar-refractivity contribution in [3.63, 3.8) is 0 Å². The third kappa shape index (κ3) is 6.11. The van der Waals surface area contributed by atoms with Gasteiger partial charge in [0.15, 0.2) is 27.3 Å². The minimum atomic E-state index is -4.14. The molecule has 1 saturated heterocycles. The Morgan fingerprint density at radius 2 is 1.80 bits per heavy atom. The number of likely N-dealkylation sites (tertiary alicyclic amines) is 1. The maximum Gasteiger partial charge on any atom is 0.410 e. The number of benzene rings is 2. The Kier molecular flexibility index (Phi) is 9.13. The second-order valence-corrected chi connectivity index (χ2v) is 14.6. The van der Waals surface area contributed by atoms with Gasteiger partial charge in [-0.25, -0.2) is 26.4 Å². The van der Waals surface area contributed by atoms with Gasteiger partial charge in [-0.2, -0.15) is 0 Å². The summed E-state index contributed by atoms with van der Waals surface area (Å²) in [5.41, 5.74) is -1.91. The summed E-state index contributed by atoms with van der Waals surface area (Å²) in [5.74, 6) is -7.04. The van der Waals surface area contributed by atoms with E-state index >= 15 is 0 Å². The molecule has 10 nitrogen and oxygen atoms in total. The van der Waals surface area contributed by atoms with Crippen LogP contribution in [0.2, 0.25) is 5.02 Å². The predicted molar refractivity (Wildman–Crippen MR) is 157 cm³/mol. The number of aliphatic hydroxyl groups is 1. The largest absolute Gasteiger partial charge is 0.453 e. The molecule has 2 bridgehead atoms. The molecule has 5 rings (SSSR count). The predicted octanol–water partition coefficient (Wildman–Crippen LogP) is 4.30. The summed E-state index contributed by atoms with van der Waals surface area (Å²) >= 11 is 6.30. The highest BCUT2D eigenvalue weighted by atomic mass is 35.5. The molecule has 3 N–H and O–H groups in total. The zero-order chi connectivity index (χ0) is 32.8. The van der Waals surface area contributed by atoms with E-state index in [4.69, 9.17) is 16.3 Å². The summed E-state index contributed by atoms with van der Waals surface area (Å²) in [4.78, 5) is 38.9.